The van der Waals surface area contributed by atoms with Crippen LogP contribution in [-0.4, -0.2) is 42.6 Å². The second kappa shape index (κ2) is 5.66. The predicted octanol–water partition coefficient (Wildman–Crippen LogP) is 0.544. The molecule has 0 saturated carbocycles. The molecule has 1 heterocycles. The average Bonchev–Trinajstić information content (AvgIpc) is 2.73. The van der Waals surface area contributed by atoms with Gasteiger partial charge >= 0.3 is 6.09 Å². The lowest BCUT2D eigenvalue weighted by molar-refractivity contribution is -0.116. The van der Waals surface area contributed by atoms with Gasteiger partial charge in [0.2, 0.25) is 5.91 Å². The number of hydrogen-bond acceptors (Lipinski definition) is 4. The van der Waals surface area contributed by atoms with Gasteiger partial charge in [-0.05, 0) is 12.1 Å². The molecule has 1 saturated heterocycles. The number of ether oxygens (including phenoxy) is 1. The second-order valence-corrected chi connectivity index (χ2v) is 4.15. The molecular weight excluding hydrogens is 253 g/mol. The Morgan fingerprint density at radius 3 is 2.89 bits per heavy atom. The lowest BCUT2D eigenvalue weighted by Crippen LogP contribution is -2.35. The quantitative estimate of drug-likeness (QED) is 0.834. The van der Waals surface area contributed by atoms with E-state index < -0.39 is 23.9 Å². The first-order valence-corrected chi connectivity index (χ1v) is 5.80. The molecule has 2 amide bonds. The largest absolute Gasteiger partial charge is 0.443 e. The number of para-hydroxylation sites is 1. The Kier molecular flexibility index (Phi) is 3.96. The van der Waals surface area contributed by atoms with Gasteiger partial charge in [-0.1, -0.05) is 12.1 Å². The number of nitrogens with zero attached hydrogens (tertiary/aromatic N) is 1. The van der Waals surface area contributed by atoms with Gasteiger partial charge in [-0.25, -0.2) is 9.18 Å². The van der Waals surface area contributed by atoms with Gasteiger partial charge in [0.15, 0.2) is 0 Å². The van der Waals surface area contributed by atoms with Crippen molar-refractivity contribution >= 4 is 17.7 Å². The number of nitrogens with one attached hydrogen (secondary N) is 1. The van der Waals surface area contributed by atoms with Gasteiger partial charge < -0.3 is 15.8 Å². The zero-order valence-electron chi connectivity index (χ0n) is 10.1. The summed E-state index contributed by atoms with van der Waals surface area (Å²) in [6, 6.07) is 5.81. The Morgan fingerprint density at radius 1 is 1.53 bits per heavy atom. The minimum atomic E-state index is -0.584. The van der Waals surface area contributed by atoms with Crippen molar-refractivity contribution in [1.82, 2.24) is 4.90 Å². The molecule has 19 heavy (non-hydrogen) atoms. The molecule has 0 aromatic heterocycles. The van der Waals surface area contributed by atoms with Crippen molar-refractivity contribution in [2.75, 3.05) is 25.0 Å². The Hall–Kier alpha value is -2.15. The Morgan fingerprint density at radius 2 is 2.26 bits per heavy atom. The van der Waals surface area contributed by atoms with Crippen LogP contribution in [0.5, 0.6) is 0 Å². The van der Waals surface area contributed by atoms with Crippen molar-refractivity contribution in [1.29, 1.82) is 0 Å². The average molecular weight is 267 g/mol. The molecule has 1 aliphatic heterocycles. The number of amides is 2. The fraction of sp³-hybridized carbons (Fsp3) is 0.333. The molecule has 0 radical (unpaired) electrons. The molecule has 1 aromatic carbocycles. The van der Waals surface area contributed by atoms with Crippen LogP contribution in [0.25, 0.3) is 0 Å². The van der Waals surface area contributed by atoms with Crippen LogP contribution in [0.4, 0.5) is 14.9 Å². The zero-order valence-corrected chi connectivity index (χ0v) is 10.1. The third-order valence-corrected chi connectivity index (χ3v) is 2.70. The molecule has 2 rings (SSSR count). The van der Waals surface area contributed by atoms with Crippen LogP contribution in [0.2, 0.25) is 0 Å². The minimum Gasteiger partial charge on any atom is -0.443 e. The van der Waals surface area contributed by atoms with E-state index in [4.69, 9.17) is 10.5 Å². The molecule has 0 bridgehead atoms. The first kappa shape index (κ1) is 13.3. The van der Waals surface area contributed by atoms with E-state index in [1.54, 1.807) is 6.07 Å². The summed E-state index contributed by atoms with van der Waals surface area (Å²) in [6.45, 7) is 0.279. The maximum Gasteiger partial charge on any atom is 0.410 e. The van der Waals surface area contributed by atoms with E-state index >= 15 is 0 Å². The number of cyclic esters (lactones) is 1. The summed E-state index contributed by atoms with van der Waals surface area (Å²) in [5.41, 5.74) is 5.46. The third kappa shape index (κ3) is 3.19. The van der Waals surface area contributed by atoms with Crippen LogP contribution in [0.3, 0.4) is 0 Å². The van der Waals surface area contributed by atoms with Gasteiger partial charge in [-0.15, -0.1) is 0 Å². The van der Waals surface area contributed by atoms with Crippen molar-refractivity contribution in [3.8, 4) is 0 Å². The van der Waals surface area contributed by atoms with Crippen molar-refractivity contribution in [3.05, 3.63) is 30.1 Å². The molecule has 6 nitrogen and oxygen atoms in total. The number of halogens is 1. The van der Waals surface area contributed by atoms with E-state index in [0.29, 0.717) is 0 Å². The van der Waals surface area contributed by atoms with E-state index in [1.165, 1.54) is 23.1 Å². The highest BCUT2D eigenvalue weighted by Crippen LogP contribution is 2.13. The normalized spacial score (nSPS) is 18.3. The van der Waals surface area contributed by atoms with Crippen LogP contribution in [-0.2, 0) is 9.53 Å². The summed E-state index contributed by atoms with van der Waals surface area (Å²) >= 11 is 0. The summed E-state index contributed by atoms with van der Waals surface area (Å²) in [5, 5.41) is 2.40. The van der Waals surface area contributed by atoms with E-state index in [-0.39, 0.29) is 25.3 Å². The first-order valence-electron chi connectivity index (χ1n) is 5.80. The molecule has 102 valence electrons. The van der Waals surface area contributed by atoms with Crippen molar-refractivity contribution in [2.24, 2.45) is 5.73 Å². The number of nitrogens with two attached hydrogens (primary N) is 1. The number of hydrogen-bond donors (Lipinski definition) is 2. The summed E-state index contributed by atoms with van der Waals surface area (Å²) in [4.78, 5) is 24.3. The van der Waals surface area contributed by atoms with Crippen molar-refractivity contribution in [3.63, 3.8) is 0 Å². The lowest BCUT2D eigenvalue weighted by Gasteiger charge is -2.12. The van der Waals surface area contributed by atoms with Crippen LogP contribution in [0.15, 0.2) is 24.3 Å². The fourth-order valence-electron chi connectivity index (χ4n) is 1.75. The molecule has 1 fully saturated rings. The molecule has 1 unspecified atom stereocenters. The van der Waals surface area contributed by atoms with Gasteiger partial charge in [0.1, 0.15) is 18.5 Å². The van der Waals surface area contributed by atoms with E-state index in [9.17, 15) is 14.0 Å². The summed E-state index contributed by atoms with van der Waals surface area (Å²) in [6.07, 6.45) is -0.979. The van der Waals surface area contributed by atoms with Gasteiger partial charge in [-0.3, -0.25) is 9.69 Å². The lowest BCUT2D eigenvalue weighted by atomic mass is 10.3. The maximum absolute atomic E-state index is 13.3. The van der Waals surface area contributed by atoms with Crippen molar-refractivity contribution in [2.45, 2.75) is 6.10 Å². The van der Waals surface area contributed by atoms with Gasteiger partial charge in [0.25, 0.3) is 0 Å². The number of carbonyl (C=O) groups excluding carboxylic acids is 2. The molecule has 7 heteroatoms. The summed E-state index contributed by atoms with van der Waals surface area (Å²) in [7, 11) is 0. The molecule has 1 aromatic rings. The SMILES string of the molecule is NCC1CN(CC(=O)Nc2ccccc2F)C(=O)O1. The Labute approximate surface area is 109 Å². The topological polar surface area (TPSA) is 84.7 Å². The molecule has 0 aliphatic carbocycles. The van der Waals surface area contributed by atoms with Crippen LogP contribution >= 0.6 is 0 Å². The fourth-order valence-corrected chi connectivity index (χ4v) is 1.75. The first-order chi connectivity index (χ1) is 9.10. The number of anilines is 1. The summed E-state index contributed by atoms with van der Waals surface area (Å²) in [5.74, 6) is -1.01. The molecular formula is C12H14FN3O3. The molecule has 0 spiro atoms. The highest BCUT2D eigenvalue weighted by Gasteiger charge is 2.31. The smallest absolute Gasteiger partial charge is 0.410 e. The predicted molar refractivity (Wildman–Crippen MR) is 65.9 cm³/mol. The number of benzene rings is 1. The number of rotatable bonds is 4. The van der Waals surface area contributed by atoms with E-state index in [0.717, 1.165) is 0 Å². The highest BCUT2D eigenvalue weighted by molar-refractivity contribution is 5.94. The van der Waals surface area contributed by atoms with Gasteiger partial charge in [0, 0.05) is 6.54 Å². The van der Waals surface area contributed by atoms with Crippen molar-refractivity contribution < 1.29 is 18.7 Å². The zero-order chi connectivity index (χ0) is 13.8. The number of carbonyl (C=O) groups is 2. The van der Waals surface area contributed by atoms with Gasteiger partial charge in [-0.2, -0.15) is 0 Å². The minimum absolute atomic E-state index is 0.0791. The Bertz CT molecular complexity index is 495. The molecule has 3 N–H and O–H groups in total. The third-order valence-electron chi connectivity index (χ3n) is 2.70. The summed E-state index contributed by atoms with van der Waals surface area (Å²) < 4.78 is 18.2. The molecule has 1 atom stereocenters. The van der Waals surface area contributed by atoms with E-state index in [2.05, 4.69) is 5.32 Å². The van der Waals surface area contributed by atoms with Crippen LogP contribution < -0.4 is 11.1 Å². The van der Waals surface area contributed by atoms with E-state index in [1.807, 2.05) is 0 Å². The maximum atomic E-state index is 13.3. The van der Waals surface area contributed by atoms with Gasteiger partial charge in [0.05, 0.1) is 12.2 Å². The Balaban J connectivity index is 1.92. The van der Waals surface area contributed by atoms with Crippen LogP contribution in [0, 0.1) is 5.82 Å². The van der Waals surface area contributed by atoms with Crippen LogP contribution in [0.1, 0.15) is 0 Å². The standard InChI is InChI=1S/C12H14FN3O3/c13-9-3-1-2-4-10(9)15-11(17)7-16-6-8(5-14)19-12(16)18/h1-4,8H,5-7,14H2,(H,15,17). The highest BCUT2D eigenvalue weighted by atomic mass is 19.1. The molecule has 1 aliphatic rings. The monoisotopic (exact) mass is 267 g/mol. The second-order valence-electron chi connectivity index (χ2n) is 4.15.